The molecule has 0 atom stereocenters. The highest BCUT2D eigenvalue weighted by atomic mass is 16.5. The SMILES string of the molecule is COc1ccc2nc(-c3cc[n+](CCCCCC(=O)O)cc3)oc2c1. The van der Waals surface area contributed by atoms with Crippen LogP contribution in [0.1, 0.15) is 25.7 Å². The fourth-order valence-electron chi connectivity index (χ4n) is 2.65. The molecule has 0 saturated carbocycles. The Hall–Kier alpha value is -2.89. The van der Waals surface area contributed by atoms with Crippen LogP contribution in [0.15, 0.2) is 47.1 Å². The van der Waals surface area contributed by atoms with E-state index in [4.69, 9.17) is 14.3 Å². The number of methoxy groups -OCH3 is 1. The topological polar surface area (TPSA) is 76.4 Å². The summed E-state index contributed by atoms with van der Waals surface area (Å²) in [4.78, 5) is 15.0. The molecule has 2 aromatic heterocycles. The summed E-state index contributed by atoms with van der Waals surface area (Å²) in [6.07, 6.45) is 6.81. The molecule has 0 saturated heterocycles. The minimum absolute atomic E-state index is 0.242. The van der Waals surface area contributed by atoms with Crippen LogP contribution in [0.5, 0.6) is 5.75 Å². The smallest absolute Gasteiger partial charge is 0.303 e. The first-order valence-corrected chi connectivity index (χ1v) is 8.31. The van der Waals surface area contributed by atoms with Crippen molar-refractivity contribution < 1.29 is 23.6 Å². The maximum Gasteiger partial charge on any atom is 0.303 e. The standard InChI is InChI=1S/C19H20N2O4/c1-24-15-6-7-16-17(13-15)25-19(20-16)14-8-11-21(12-9-14)10-4-2-3-5-18(22)23/h6-9,11-13H,2-5,10H2,1H3/p+1. The van der Waals surface area contributed by atoms with Crippen molar-refractivity contribution in [1.29, 1.82) is 0 Å². The molecule has 25 heavy (non-hydrogen) atoms. The van der Waals surface area contributed by atoms with Crippen LogP contribution < -0.4 is 9.30 Å². The van der Waals surface area contributed by atoms with Crippen molar-refractivity contribution in [3.8, 4) is 17.2 Å². The van der Waals surface area contributed by atoms with E-state index in [2.05, 4.69) is 9.55 Å². The molecule has 0 aliphatic heterocycles. The van der Waals surface area contributed by atoms with Gasteiger partial charge < -0.3 is 14.3 Å². The average molecular weight is 341 g/mol. The molecule has 6 nitrogen and oxygen atoms in total. The molecule has 0 unspecified atom stereocenters. The third-order valence-electron chi connectivity index (χ3n) is 4.04. The number of ether oxygens (including phenoxy) is 1. The van der Waals surface area contributed by atoms with Crippen LogP contribution in [0.4, 0.5) is 0 Å². The zero-order valence-corrected chi connectivity index (χ0v) is 14.1. The number of carboxylic acids is 1. The third kappa shape index (κ3) is 4.35. The van der Waals surface area contributed by atoms with E-state index in [1.165, 1.54) is 0 Å². The number of carboxylic acid groups (broad SMARTS) is 1. The number of aromatic nitrogens is 2. The van der Waals surface area contributed by atoms with Gasteiger partial charge in [0.15, 0.2) is 18.0 Å². The lowest BCUT2D eigenvalue weighted by Gasteiger charge is -1.98. The first-order chi connectivity index (χ1) is 12.2. The van der Waals surface area contributed by atoms with Gasteiger partial charge in [0.2, 0.25) is 5.89 Å². The molecule has 1 N–H and O–H groups in total. The van der Waals surface area contributed by atoms with Gasteiger partial charge in [0.25, 0.3) is 0 Å². The molecule has 0 amide bonds. The molecule has 0 bridgehead atoms. The van der Waals surface area contributed by atoms with E-state index >= 15 is 0 Å². The van der Waals surface area contributed by atoms with E-state index in [-0.39, 0.29) is 6.42 Å². The molecular formula is C19H21N2O4+. The zero-order chi connectivity index (χ0) is 17.6. The summed E-state index contributed by atoms with van der Waals surface area (Å²) >= 11 is 0. The first-order valence-electron chi connectivity index (χ1n) is 8.31. The van der Waals surface area contributed by atoms with Gasteiger partial charge in [0.1, 0.15) is 17.8 Å². The van der Waals surface area contributed by atoms with E-state index in [9.17, 15) is 4.79 Å². The van der Waals surface area contributed by atoms with Gasteiger partial charge in [-0.25, -0.2) is 9.55 Å². The summed E-state index contributed by atoms with van der Waals surface area (Å²) < 4.78 is 13.1. The zero-order valence-electron chi connectivity index (χ0n) is 14.1. The molecule has 3 rings (SSSR count). The number of carbonyl (C=O) groups is 1. The van der Waals surface area contributed by atoms with Crippen LogP contribution in [-0.4, -0.2) is 23.2 Å². The van der Waals surface area contributed by atoms with Gasteiger partial charge >= 0.3 is 5.97 Å². The molecule has 0 fully saturated rings. The predicted octanol–water partition coefficient (Wildman–Crippen LogP) is 3.44. The van der Waals surface area contributed by atoms with Crippen molar-refractivity contribution in [2.75, 3.05) is 7.11 Å². The number of oxazole rings is 1. The number of fused-ring (bicyclic) bond motifs is 1. The fraction of sp³-hybridized carbons (Fsp3) is 0.316. The Morgan fingerprint density at radius 2 is 2.00 bits per heavy atom. The number of rotatable bonds is 8. The number of aliphatic carboxylic acids is 1. The molecule has 1 aromatic carbocycles. The van der Waals surface area contributed by atoms with Gasteiger partial charge in [-0.3, -0.25) is 4.79 Å². The second kappa shape index (κ2) is 7.79. The Morgan fingerprint density at radius 1 is 1.20 bits per heavy atom. The summed E-state index contributed by atoms with van der Waals surface area (Å²) in [5.41, 5.74) is 2.41. The number of aryl methyl sites for hydroxylation is 1. The minimum Gasteiger partial charge on any atom is -0.497 e. The molecular weight excluding hydrogens is 320 g/mol. The van der Waals surface area contributed by atoms with Crippen LogP contribution in [0.3, 0.4) is 0 Å². The number of hydrogen-bond donors (Lipinski definition) is 1. The molecule has 3 aromatic rings. The Bertz CT molecular complexity index is 855. The van der Waals surface area contributed by atoms with Crippen molar-refractivity contribution in [3.63, 3.8) is 0 Å². The maximum absolute atomic E-state index is 10.5. The van der Waals surface area contributed by atoms with Crippen LogP contribution in [0.25, 0.3) is 22.6 Å². The normalized spacial score (nSPS) is 10.9. The number of unbranched alkanes of at least 4 members (excludes halogenated alkanes) is 2. The van der Waals surface area contributed by atoms with Crippen LogP contribution in [0.2, 0.25) is 0 Å². The number of pyridine rings is 1. The first kappa shape index (κ1) is 17.0. The Morgan fingerprint density at radius 3 is 2.72 bits per heavy atom. The van der Waals surface area contributed by atoms with Gasteiger partial charge in [-0.1, -0.05) is 0 Å². The maximum atomic E-state index is 10.5. The van der Waals surface area contributed by atoms with Crippen molar-refractivity contribution >= 4 is 17.1 Å². The van der Waals surface area contributed by atoms with Crippen LogP contribution >= 0.6 is 0 Å². The van der Waals surface area contributed by atoms with Crippen molar-refractivity contribution in [3.05, 3.63) is 42.7 Å². The Balaban J connectivity index is 1.63. The summed E-state index contributed by atoms with van der Waals surface area (Å²) in [6, 6.07) is 9.50. The highest BCUT2D eigenvalue weighted by Crippen LogP contribution is 2.26. The van der Waals surface area contributed by atoms with E-state index < -0.39 is 5.97 Å². The van der Waals surface area contributed by atoms with Crippen LogP contribution in [0, 0.1) is 0 Å². The van der Waals surface area contributed by atoms with Crippen molar-refractivity contribution in [2.24, 2.45) is 0 Å². The fourth-order valence-corrected chi connectivity index (χ4v) is 2.65. The quantitative estimate of drug-likeness (QED) is 0.502. The molecule has 0 radical (unpaired) electrons. The largest absolute Gasteiger partial charge is 0.497 e. The molecule has 6 heteroatoms. The van der Waals surface area contributed by atoms with E-state index in [1.54, 1.807) is 7.11 Å². The highest BCUT2D eigenvalue weighted by Gasteiger charge is 2.11. The van der Waals surface area contributed by atoms with Crippen molar-refractivity contribution in [2.45, 2.75) is 32.2 Å². The highest BCUT2D eigenvalue weighted by molar-refractivity contribution is 5.77. The monoisotopic (exact) mass is 341 g/mol. The Kier molecular flexibility index (Phi) is 5.28. The predicted molar refractivity (Wildman–Crippen MR) is 92.3 cm³/mol. The third-order valence-corrected chi connectivity index (χ3v) is 4.04. The van der Waals surface area contributed by atoms with Gasteiger partial charge in [0, 0.05) is 36.6 Å². The second-order valence-corrected chi connectivity index (χ2v) is 5.88. The second-order valence-electron chi connectivity index (χ2n) is 5.88. The molecule has 2 heterocycles. The van der Waals surface area contributed by atoms with E-state index in [0.29, 0.717) is 11.5 Å². The number of benzene rings is 1. The summed E-state index contributed by atoms with van der Waals surface area (Å²) in [7, 11) is 1.62. The van der Waals surface area contributed by atoms with Gasteiger partial charge in [0.05, 0.1) is 7.11 Å². The van der Waals surface area contributed by atoms with Gasteiger partial charge in [-0.15, -0.1) is 0 Å². The lowest BCUT2D eigenvalue weighted by molar-refractivity contribution is -0.697. The average Bonchev–Trinajstić information content (AvgIpc) is 3.04. The molecule has 0 spiro atoms. The van der Waals surface area contributed by atoms with Crippen LogP contribution in [-0.2, 0) is 11.3 Å². The lowest BCUT2D eigenvalue weighted by atomic mass is 10.2. The minimum atomic E-state index is -0.729. The summed E-state index contributed by atoms with van der Waals surface area (Å²) in [5, 5.41) is 8.62. The van der Waals surface area contributed by atoms with E-state index in [0.717, 1.165) is 42.6 Å². The van der Waals surface area contributed by atoms with Gasteiger partial charge in [-0.05, 0) is 25.0 Å². The molecule has 130 valence electrons. The number of nitrogens with zero attached hydrogens (tertiary/aromatic N) is 2. The lowest BCUT2D eigenvalue weighted by Crippen LogP contribution is -2.32. The number of hydrogen-bond acceptors (Lipinski definition) is 4. The van der Waals surface area contributed by atoms with E-state index in [1.807, 2.05) is 42.7 Å². The summed E-state index contributed by atoms with van der Waals surface area (Å²) in [6.45, 7) is 0.866. The van der Waals surface area contributed by atoms with Gasteiger partial charge in [-0.2, -0.15) is 0 Å². The molecule has 0 aliphatic rings. The Labute approximate surface area is 145 Å². The molecule has 0 aliphatic carbocycles. The van der Waals surface area contributed by atoms with Crippen molar-refractivity contribution in [1.82, 2.24) is 4.98 Å². The summed E-state index contributed by atoms with van der Waals surface area (Å²) in [5.74, 6) is 0.592.